The molecule has 0 saturated carbocycles. The number of ether oxygens (including phenoxy) is 2. The van der Waals surface area contributed by atoms with E-state index in [0.29, 0.717) is 54.6 Å². The molecule has 6 N–H and O–H groups in total. The number of nitrogens with two attached hydrogens (primary N) is 1. The zero-order valence-corrected chi connectivity index (χ0v) is 29.6. The number of alkyl halides is 6. The van der Waals surface area contributed by atoms with Crippen molar-refractivity contribution in [1.29, 1.82) is 0 Å². The molecule has 1 aliphatic rings. The van der Waals surface area contributed by atoms with Crippen LogP contribution in [0.1, 0.15) is 36.3 Å². The normalized spacial score (nSPS) is 14.4. The molecule has 0 radical (unpaired) electrons. The number of nitrogen functional groups attached to an aromatic ring is 1. The fourth-order valence-electron chi connectivity index (χ4n) is 5.38. The number of rotatable bonds is 10. The minimum absolute atomic E-state index is 0.133. The third-order valence-corrected chi connectivity index (χ3v) is 8.06. The molecule has 304 valence electrons. The van der Waals surface area contributed by atoms with Crippen molar-refractivity contribution in [2.24, 2.45) is 0 Å². The number of fused-ring (bicyclic) bond motifs is 1. The van der Waals surface area contributed by atoms with Crippen LogP contribution in [0, 0.1) is 5.82 Å². The van der Waals surface area contributed by atoms with E-state index in [-0.39, 0.29) is 18.4 Å². The van der Waals surface area contributed by atoms with Crippen molar-refractivity contribution in [3.8, 4) is 17.0 Å². The molecular weight excluding hydrogens is 775 g/mol. The summed E-state index contributed by atoms with van der Waals surface area (Å²) in [6.45, 7) is 2.59. The van der Waals surface area contributed by atoms with Crippen LogP contribution in [-0.2, 0) is 32.1 Å². The fourth-order valence-corrected chi connectivity index (χ4v) is 5.38. The molecule has 1 unspecified atom stereocenters. The fraction of sp³-hybridized carbons (Fsp3) is 0.270. The van der Waals surface area contributed by atoms with Gasteiger partial charge in [0.2, 0.25) is 0 Å². The molecule has 6 rings (SSSR count). The smallest absolute Gasteiger partial charge is 0.485 e. The molecular formula is C37H34F7N5O8. The van der Waals surface area contributed by atoms with Gasteiger partial charge in [-0.3, -0.25) is 4.79 Å². The number of carbonyl (C=O) groups is 3. The third-order valence-electron chi connectivity index (χ3n) is 8.06. The maximum Gasteiger partial charge on any atom is 0.490 e. The van der Waals surface area contributed by atoms with Crippen molar-refractivity contribution < 1.29 is 69.9 Å². The molecule has 1 saturated heterocycles. The highest BCUT2D eigenvalue weighted by atomic mass is 19.4. The third kappa shape index (κ3) is 11.8. The first kappa shape index (κ1) is 43.3. The van der Waals surface area contributed by atoms with E-state index in [1.807, 2.05) is 61.5 Å². The molecule has 3 aromatic carbocycles. The van der Waals surface area contributed by atoms with Crippen molar-refractivity contribution in [2.75, 3.05) is 24.3 Å². The number of anilines is 2. The van der Waals surface area contributed by atoms with Crippen molar-refractivity contribution in [3.05, 3.63) is 102 Å². The highest BCUT2D eigenvalue weighted by molar-refractivity contribution is 5.93. The van der Waals surface area contributed by atoms with Crippen molar-refractivity contribution in [1.82, 2.24) is 14.5 Å². The molecule has 0 bridgehead atoms. The molecule has 57 heavy (non-hydrogen) atoms. The zero-order chi connectivity index (χ0) is 42.1. The second-order valence-corrected chi connectivity index (χ2v) is 12.1. The van der Waals surface area contributed by atoms with Crippen molar-refractivity contribution in [2.45, 2.75) is 50.8 Å². The Kier molecular flexibility index (Phi) is 14.0. The first-order valence-electron chi connectivity index (χ1n) is 16.7. The lowest BCUT2D eigenvalue weighted by atomic mass is 9.99. The molecule has 0 amide bonds. The number of halogens is 7. The first-order chi connectivity index (χ1) is 26.8. The predicted octanol–water partition coefficient (Wildman–Crippen LogP) is 7.10. The topological polar surface area (TPSA) is 199 Å². The summed E-state index contributed by atoms with van der Waals surface area (Å²) in [5.74, 6) is -6.21. The summed E-state index contributed by atoms with van der Waals surface area (Å²) in [4.78, 5) is 38.8. The number of hydrogen-bond donors (Lipinski definition) is 5. The molecule has 5 aromatic rings. The van der Waals surface area contributed by atoms with Crippen LogP contribution in [0.3, 0.4) is 0 Å². The molecule has 2 atom stereocenters. The monoisotopic (exact) mass is 809 g/mol. The van der Waals surface area contributed by atoms with Crippen LogP contribution in [0.4, 0.5) is 42.2 Å². The van der Waals surface area contributed by atoms with Crippen LogP contribution >= 0.6 is 0 Å². The Bertz CT molecular complexity index is 2170. The number of hydrogen-bond acceptors (Lipinski definition) is 9. The average Bonchev–Trinajstić information content (AvgIpc) is 3.82. The van der Waals surface area contributed by atoms with Crippen molar-refractivity contribution in [3.63, 3.8) is 0 Å². The van der Waals surface area contributed by atoms with E-state index in [0.717, 1.165) is 21.9 Å². The quantitative estimate of drug-likeness (QED) is 0.0898. The van der Waals surface area contributed by atoms with Gasteiger partial charge in [0, 0.05) is 41.0 Å². The highest BCUT2D eigenvalue weighted by Gasteiger charge is 2.39. The van der Waals surface area contributed by atoms with Gasteiger partial charge in [-0.1, -0.05) is 43.3 Å². The minimum Gasteiger partial charge on any atom is -0.485 e. The van der Waals surface area contributed by atoms with Crippen LogP contribution in [0.2, 0.25) is 0 Å². The number of nitrogens with zero attached hydrogens (tertiary/aromatic N) is 3. The van der Waals surface area contributed by atoms with E-state index >= 15 is 4.39 Å². The van der Waals surface area contributed by atoms with E-state index in [2.05, 4.69) is 10.3 Å². The van der Waals surface area contributed by atoms with Crippen LogP contribution in [0.25, 0.3) is 22.0 Å². The summed E-state index contributed by atoms with van der Waals surface area (Å²) in [5, 5.41) is 29.2. The maximum absolute atomic E-state index is 16.5. The standard InChI is InChI=1S/C33H32FN5O4.2C2HF3O2/c1-2-20-14-26(30(34)28(15-20)43-24-11-13-42-19-24)31(37-23-8-9-25-22(16-23)10-12-36-32(25)35)33-38-27(17-39(33)18-29(40)41)21-6-4-3-5-7-21;2*3-2(4,5)1(6)7/h3-10,12,14-17,24,31,37H,2,11,13,18-19H2,1H3,(H2,35,36)(H,40,41);2*(H,6,7)/t24-,31?;;/m0../s1. The summed E-state index contributed by atoms with van der Waals surface area (Å²) in [5.41, 5.74) is 9.30. The van der Waals surface area contributed by atoms with Gasteiger partial charge in [0.25, 0.3) is 0 Å². The Balaban J connectivity index is 0.000000440. The number of nitrogens with one attached hydrogen (secondary N) is 1. The number of aryl methyl sites for hydroxylation is 1. The molecule has 13 nitrogen and oxygen atoms in total. The van der Waals surface area contributed by atoms with Crippen LogP contribution < -0.4 is 15.8 Å². The van der Waals surface area contributed by atoms with Gasteiger partial charge >= 0.3 is 30.3 Å². The average molecular weight is 810 g/mol. The van der Waals surface area contributed by atoms with E-state index in [4.69, 9.17) is 40.0 Å². The molecule has 3 heterocycles. The van der Waals surface area contributed by atoms with Crippen molar-refractivity contribution >= 4 is 40.2 Å². The molecule has 0 spiro atoms. The molecule has 0 aliphatic carbocycles. The first-order valence-corrected chi connectivity index (χ1v) is 16.7. The number of aliphatic carboxylic acids is 3. The Morgan fingerprint density at radius 3 is 2.19 bits per heavy atom. The van der Waals surface area contributed by atoms with E-state index in [1.165, 1.54) is 0 Å². The Morgan fingerprint density at radius 2 is 1.63 bits per heavy atom. The lowest BCUT2D eigenvalue weighted by Crippen LogP contribution is -2.22. The van der Waals surface area contributed by atoms with Gasteiger partial charge in [0.1, 0.15) is 30.3 Å². The number of benzene rings is 3. The van der Waals surface area contributed by atoms with Crippen LogP contribution in [0.5, 0.6) is 5.75 Å². The Morgan fingerprint density at radius 1 is 0.982 bits per heavy atom. The largest absolute Gasteiger partial charge is 0.490 e. The molecule has 20 heteroatoms. The zero-order valence-electron chi connectivity index (χ0n) is 29.6. The van der Waals surface area contributed by atoms with Gasteiger partial charge in [0.15, 0.2) is 11.6 Å². The summed E-state index contributed by atoms with van der Waals surface area (Å²) >= 11 is 0. The summed E-state index contributed by atoms with van der Waals surface area (Å²) in [6, 6.07) is 19.5. The van der Waals surface area contributed by atoms with Gasteiger partial charge in [-0.15, -0.1) is 0 Å². The summed E-state index contributed by atoms with van der Waals surface area (Å²) < 4.78 is 93.1. The van der Waals surface area contributed by atoms with Crippen LogP contribution in [-0.4, -0.2) is 79.4 Å². The lowest BCUT2D eigenvalue weighted by Gasteiger charge is -2.24. The second-order valence-electron chi connectivity index (χ2n) is 12.1. The van der Waals surface area contributed by atoms with Gasteiger partial charge in [-0.25, -0.2) is 23.9 Å². The number of carboxylic acid groups (broad SMARTS) is 3. The summed E-state index contributed by atoms with van der Waals surface area (Å²) in [7, 11) is 0. The van der Waals surface area contributed by atoms with Gasteiger partial charge in [-0.2, -0.15) is 26.3 Å². The highest BCUT2D eigenvalue weighted by Crippen LogP contribution is 2.36. The second kappa shape index (κ2) is 18.5. The van der Waals surface area contributed by atoms with E-state index in [9.17, 15) is 36.2 Å². The Hall–Kier alpha value is -6.44. The number of aromatic nitrogens is 3. The number of imidazole rings is 1. The van der Waals surface area contributed by atoms with E-state index in [1.54, 1.807) is 29.1 Å². The summed E-state index contributed by atoms with van der Waals surface area (Å²) in [6.07, 6.45) is -5.79. The number of carboxylic acids is 3. The SMILES string of the molecule is CCc1cc(O[C@H]2CCOC2)c(F)c(C(Nc2ccc3c(N)nccc3c2)c2nc(-c3ccccc3)cn2CC(=O)O)c1.O=C(O)C(F)(F)F.O=C(O)C(F)(F)F. The minimum atomic E-state index is -5.08. The van der Waals surface area contributed by atoms with Gasteiger partial charge < -0.3 is 40.4 Å². The predicted molar refractivity (Wildman–Crippen MR) is 190 cm³/mol. The van der Waals surface area contributed by atoms with Gasteiger partial charge in [-0.05, 0) is 47.7 Å². The molecule has 2 aromatic heterocycles. The molecule has 1 aliphatic heterocycles. The number of pyridine rings is 1. The van der Waals surface area contributed by atoms with Crippen LogP contribution in [0.15, 0.2) is 79.1 Å². The molecule has 1 fully saturated rings. The maximum atomic E-state index is 16.5. The van der Waals surface area contributed by atoms with E-state index < -0.39 is 42.1 Å². The lowest BCUT2D eigenvalue weighted by molar-refractivity contribution is -0.193. The Labute approximate surface area is 318 Å². The van der Waals surface area contributed by atoms with Gasteiger partial charge in [0.05, 0.1) is 18.9 Å².